The Morgan fingerprint density at radius 3 is 2.38 bits per heavy atom. The lowest BCUT2D eigenvalue weighted by Crippen LogP contribution is -2.19. The van der Waals surface area contributed by atoms with Crippen molar-refractivity contribution in [3.63, 3.8) is 0 Å². The van der Waals surface area contributed by atoms with Gasteiger partial charge < -0.3 is 5.11 Å². The number of halogens is 1. The molecule has 2 atom stereocenters. The summed E-state index contributed by atoms with van der Waals surface area (Å²) in [5, 5.41) is 9.21. The molecule has 1 aromatic rings. The summed E-state index contributed by atoms with van der Waals surface area (Å²) in [6, 6.07) is 5.80. The van der Waals surface area contributed by atoms with Gasteiger partial charge in [0, 0.05) is 4.90 Å². The van der Waals surface area contributed by atoms with Crippen LogP contribution in [-0.4, -0.2) is 36.4 Å². The number of hydrogen-bond donors (Lipinski definition) is 1. The monoisotopic (exact) mass is 262 g/mol. The van der Waals surface area contributed by atoms with Crippen LogP contribution in [0.25, 0.3) is 0 Å². The number of aliphatic hydroxyl groups excluding tert-OH is 1. The fourth-order valence-corrected chi connectivity index (χ4v) is 5.12. The quantitative estimate of drug-likeness (QED) is 0.866. The summed E-state index contributed by atoms with van der Waals surface area (Å²) in [7, 11) is -3.12. The van der Waals surface area contributed by atoms with Gasteiger partial charge in [0.05, 0.1) is 22.9 Å². The summed E-state index contributed by atoms with van der Waals surface area (Å²) in [6.45, 7) is 0. The second-order valence-electron chi connectivity index (χ2n) is 3.75. The number of rotatable bonds is 2. The Labute approximate surface area is 97.6 Å². The third kappa shape index (κ3) is 2.75. The molecule has 1 aliphatic heterocycles. The standard InChI is InChI=1S/C10H11FO3S2/c11-7-1-3-8(4-2-7)15-10-6-16(13,14)5-9(10)12/h1-4,9-10,12H,5-6H2. The van der Waals surface area contributed by atoms with Crippen LogP contribution >= 0.6 is 11.8 Å². The van der Waals surface area contributed by atoms with Crippen LogP contribution in [0.2, 0.25) is 0 Å². The Bertz CT molecular complexity index is 469. The molecule has 2 rings (SSSR count). The molecule has 1 heterocycles. The zero-order valence-electron chi connectivity index (χ0n) is 8.34. The minimum atomic E-state index is -3.12. The second-order valence-corrected chi connectivity index (χ2v) is 7.22. The Morgan fingerprint density at radius 2 is 1.88 bits per heavy atom. The first-order valence-electron chi connectivity index (χ1n) is 4.77. The van der Waals surface area contributed by atoms with E-state index < -0.39 is 15.9 Å². The van der Waals surface area contributed by atoms with Crippen LogP contribution in [0, 0.1) is 5.82 Å². The summed E-state index contributed by atoms with van der Waals surface area (Å²) >= 11 is 1.27. The number of hydrogen-bond acceptors (Lipinski definition) is 4. The van der Waals surface area contributed by atoms with E-state index in [9.17, 15) is 17.9 Å². The molecule has 0 spiro atoms. The maximum Gasteiger partial charge on any atom is 0.154 e. The van der Waals surface area contributed by atoms with Crippen LogP contribution in [0.15, 0.2) is 29.2 Å². The highest BCUT2D eigenvalue weighted by Gasteiger charge is 2.36. The van der Waals surface area contributed by atoms with Crippen molar-refractivity contribution < 1.29 is 17.9 Å². The molecule has 1 saturated heterocycles. The summed E-state index contributed by atoms with van der Waals surface area (Å²) in [5.74, 6) is -0.522. The molecule has 0 aliphatic carbocycles. The average molecular weight is 262 g/mol. The third-order valence-electron chi connectivity index (χ3n) is 2.37. The Balaban J connectivity index is 2.08. The minimum absolute atomic E-state index is 0.0176. The van der Waals surface area contributed by atoms with Crippen molar-refractivity contribution in [3.05, 3.63) is 30.1 Å². The first-order chi connectivity index (χ1) is 7.46. The lowest BCUT2D eigenvalue weighted by Gasteiger charge is -2.11. The molecule has 1 N–H and O–H groups in total. The van der Waals surface area contributed by atoms with Gasteiger partial charge in [0.15, 0.2) is 9.84 Å². The van der Waals surface area contributed by atoms with Crippen LogP contribution < -0.4 is 0 Å². The van der Waals surface area contributed by atoms with E-state index in [0.717, 1.165) is 4.90 Å². The van der Waals surface area contributed by atoms with E-state index in [1.165, 1.54) is 23.9 Å². The van der Waals surface area contributed by atoms with Crippen LogP contribution in [0.1, 0.15) is 0 Å². The maximum atomic E-state index is 12.6. The molecule has 16 heavy (non-hydrogen) atoms. The normalized spacial score (nSPS) is 28.1. The van der Waals surface area contributed by atoms with E-state index in [4.69, 9.17) is 0 Å². The molecule has 0 radical (unpaired) electrons. The van der Waals surface area contributed by atoms with Crippen molar-refractivity contribution in [1.82, 2.24) is 0 Å². The predicted octanol–water partition coefficient (Wildman–Crippen LogP) is 1.08. The number of thioether (sulfide) groups is 1. The van der Waals surface area contributed by atoms with Gasteiger partial charge in [-0.25, -0.2) is 12.8 Å². The third-order valence-corrected chi connectivity index (χ3v) is 5.63. The largest absolute Gasteiger partial charge is 0.391 e. The molecule has 6 heteroatoms. The minimum Gasteiger partial charge on any atom is -0.391 e. The maximum absolute atomic E-state index is 12.6. The molecule has 0 aromatic heterocycles. The molecule has 1 aromatic carbocycles. The molecule has 3 nitrogen and oxygen atoms in total. The van der Waals surface area contributed by atoms with E-state index in [-0.39, 0.29) is 22.6 Å². The fraction of sp³-hybridized carbons (Fsp3) is 0.400. The van der Waals surface area contributed by atoms with Crippen molar-refractivity contribution in [1.29, 1.82) is 0 Å². The molecule has 0 amide bonds. The molecule has 0 bridgehead atoms. The van der Waals surface area contributed by atoms with Gasteiger partial charge >= 0.3 is 0 Å². The van der Waals surface area contributed by atoms with Gasteiger partial charge in [-0.3, -0.25) is 0 Å². The van der Waals surface area contributed by atoms with Crippen LogP contribution in [-0.2, 0) is 9.84 Å². The molecular weight excluding hydrogens is 251 g/mol. The smallest absolute Gasteiger partial charge is 0.154 e. The van der Waals surface area contributed by atoms with Gasteiger partial charge in [0.25, 0.3) is 0 Å². The topological polar surface area (TPSA) is 54.4 Å². The van der Waals surface area contributed by atoms with E-state index in [0.29, 0.717) is 0 Å². The van der Waals surface area contributed by atoms with Crippen molar-refractivity contribution in [2.24, 2.45) is 0 Å². The number of aliphatic hydroxyl groups is 1. The Kier molecular flexibility index (Phi) is 3.23. The zero-order valence-corrected chi connectivity index (χ0v) is 9.97. The van der Waals surface area contributed by atoms with Gasteiger partial charge in [0.2, 0.25) is 0 Å². The van der Waals surface area contributed by atoms with Crippen LogP contribution in [0.5, 0.6) is 0 Å². The van der Waals surface area contributed by atoms with Gasteiger partial charge in [-0.2, -0.15) is 0 Å². The van der Waals surface area contributed by atoms with Crippen LogP contribution in [0.4, 0.5) is 4.39 Å². The van der Waals surface area contributed by atoms with Gasteiger partial charge in [-0.05, 0) is 24.3 Å². The molecule has 88 valence electrons. The Hall–Kier alpha value is -0.590. The van der Waals surface area contributed by atoms with Gasteiger partial charge in [-0.1, -0.05) is 0 Å². The van der Waals surface area contributed by atoms with E-state index in [1.807, 2.05) is 0 Å². The van der Waals surface area contributed by atoms with Gasteiger partial charge in [-0.15, -0.1) is 11.8 Å². The molecule has 2 unspecified atom stereocenters. The summed E-state index contributed by atoms with van der Waals surface area (Å²) in [4.78, 5) is 0.766. The SMILES string of the molecule is O=S1(=O)CC(O)C(Sc2ccc(F)cc2)C1. The highest BCUT2D eigenvalue weighted by molar-refractivity contribution is 8.02. The summed E-state index contributed by atoms with van der Waals surface area (Å²) in [6.07, 6.45) is -0.833. The van der Waals surface area contributed by atoms with Gasteiger partial charge in [0.1, 0.15) is 5.82 Å². The van der Waals surface area contributed by atoms with E-state index in [1.54, 1.807) is 12.1 Å². The lowest BCUT2D eigenvalue weighted by molar-refractivity contribution is 0.207. The molecule has 1 fully saturated rings. The van der Waals surface area contributed by atoms with E-state index >= 15 is 0 Å². The lowest BCUT2D eigenvalue weighted by atomic mass is 10.3. The first kappa shape index (κ1) is 11.9. The van der Waals surface area contributed by atoms with Crippen LogP contribution in [0.3, 0.4) is 0 Å². The summed E-state index contributed by atoms with van der Waals surface area (Å²) < 4.78 is 35.2. The van der Waals surface area contributed by atoms with Crippen molar-refractivity contribution in [2.75, 3.05) is 11.5 Å². The molecule has 1 aliphatic rings. The Morgan fingerprint density at radius 1 is 1.25 bits per heavy atom. The van der Waals surface area contributed by atoms with Crippen molar-refractivity contribution >= 4 is 21.6 Å². The first-order valence-corrected chi connectivity index (χ1v) is 7.47. The van der Waals surface area contributed by atoms with E-state index in [2.05, 4.69) is 0 Å². The fourth-order valence-electron chi connectivity index (χ4n) is 1.60. The van der Waals surface area contributed by atoms with Crippen molar-refractivity contribution in [2.45, 2.75) is 16.2 Å². The highest BCUT2D eigenvalue weighted by Crippen LogP contribution is 2.31. The molecular formula is C10H11FO3S2. The second kappa shape index (κ2) is 4.35. The van der Waals surface area contributed by atoms with Crippen molar-refractivity contribution in [3.8, 4) is 0 Å². The summed E-state index contributed by atoms with van der Waals surface area (Å²) in [5.41, 5.74) is 0. The predicted molar refractivity (Wildman–Crippen MR) is 60.7 cm³/mol. The molecule has 0 saturated carbocycles. The average Bonchev–Trinajstić information content (AvgIpc) is 2.44. The zero-order chi connectivity index (χ0) is 11.8. The number of benzene rings is 1. The number of sulfone groups is 1. The highest BCUT2D eigenvalue weighted by atomic mass is 32.2.